The maximum absolute atomic E-state index is 12.9. The normalized spacial score (nSPS) is 17.9. The van der Waals surface area contributed by atoms with Gasteiger partial charge in [-0.05, 0) is 30.2 Å². The molecular formula is C16H13FO. The van der Waals surface area contributed by atoms with Gasteiger partial charge in [-0.25, -0.2) is 4.39 Å². The van der Waals surface area contributed by atoms with E-state index in [0.29, 0.717) is 6.42 Å². The number of aryl methyl sites for hydroxylation is 1. The third kappa shape index (κ3) is 1.74. The van der Waals surface area contributed by atoms with E-state index in [9.17, 15) is 9.18 Å². The molecule has 0 heterocycles. The van der Waals surface area contributed by atoms with Crippen LogP contribution in [0.1, 0.15) is 39.4 Å². The van der Waals surface area contributed by atoms with E-state index in [2.05, 4.69) is 6.07 Å². The molecule has 0 spiro atoms. The number of carbonyl (C=O) groups excluding carboxylic acids is 1. The smallest absolute Gasteiger partial charge is 0.164 e. The highest BCUT2D eigenvalue weighted by Gasteiger charge is 2.30. The predicted molar refractivity (Wildman–Crippen MR) is 68.4 cm³/mol. The van der Waals surface area contributed by atoms with E-state index in [-0.39, 0.29) is 17.5 Å². The zero-order valence-corrected chi connectivity index (χ0v) is 10.1. The van der Waals surface area contributed by atoms with Crippen molar-refractivity contribution in [1.29, 1.82) is 0 Å². The minimum Gasteiger partial charge on any atom is -0.294 e. The third-order valence-corrected chi connectivity index (χ3v) is 3.54. The van der Waals surface area contributed by atoms with Crippen molar-refractivity contribution in [2.24, 2.45) is 0 Å². The highest BCUT2D eigenvalue weighted by molar-refractivity contribution is 6.02. The number of ketones is 1. The Bertz CT molecular complexity index is 613. The van der Waals surface area contributed by atoms with Crippen molar-refractivity contribution >= 4 is 5.78 Å². The van der Waals surface area contributed by atoms with E-state index in [1.54, 1.807) is 12.1 Å². The van der Waals surface area contributed by atoms with Gasteiger partial charge in [-0.3, -0.25) is 4.79 Å². The van der Waals surface area contributed by atoms with Crippen LogP contribution in [0, 0.1) is 12.7 Å². The summed E-state index contributed by atoms with van der Waals surface area (Å²) in [5, 5.41) is 0. The minimum atomic E-state index is -0.243. The predicted octanol–water partition coefficient (Wildman–Crippen LogP) is 3.85. The second-order valence-corrected chi connectivity index (χ2v) is 4.82. The van der Waals surface area contributed by atoms with Crippen molar-refractivity contribution in [3.63, 3.8) is 0 Å². The van der Waals surface area contributed by atoms with E-state index in [1.165, 1.54) is 12.1 Å². The van der Waals surface area contributed by atoms with Crippen molar-refractivity contribution in [3.05, 3.63) is 70.5 Å². The van der Waals surface area contributed by atoms with Gasteiger partial charge in [-0.15, -0.1) is 0 Å². The molecule has 1 unspecified atom stereocenters. The third-order valence-electron chi connectivity index (χ3n) is 3.54. The number of hydrogen-bond donors (Lipinski definition) is 0. The largest absolute Gasteiger partial charge is 0.294 e. The molecule has 1 nitrogen and oxygen atoms in total. The van der Waals surface area contributed by atoms with Crippen LogP contribution in [0.4, 0.5) is 4.39 Å². The van der Waals surface area contributed by atoms with Gasteiger partial charge in [0.15, 0.2) is 5.78 Å². The molecule has 2 aromatic carbocycles. The summed E-state index contributed by atoms with van der Waals surface area (Å²) in [6.07, 6.45) is 0.490. The number of fused-ring (bicyclic) bond motifs is 1. The summed E-state index contributed by atoms with van der Waals surface area (Å²) in [5.74, 6) is 0.0138. The number of Topliss-reactive ketones (excluding diaryl/α,β-unsaturated/α-hetero) is 1. The molecular weight excluding hydrogens is 227 g/mol. The van der Waals surface area contributed by atoms with E-state index in [4.69, 9.17) is 0 Å². The van der Waals surface area contributed by atoms with Crippen LogP contribution >= 0.6 is 0 Å². The molecule has 0 radical (unpaired) electrons. The van der Waals surface area contributed by atoms with Crippen LogP contribution in [0.15, 0.2) is 42.5 Å². The van der Waals surface area contributed by atoms with Crippen LogP contribution in [0.25, 0.3) is 0 Å². The molecule has 1 aliphatic rings. The number of hydrogen-bond acceptors (Lipinski definition) is 1. The fourth-order valence-corrected chi connectivity index (χ4v) is 2.62. The maximum Gasteiger partial charge on any atom is 0.164 e. The fourth-order valence-electron chi connectivity index (χ4n) is 2.62. The lowest BCUT2D eigenvalue weighted by molar-refractivity contribution is 0.0991. The summed E-state index contributed by atoms with van der Waals surface area (Å²) in [7, 11) is 0. The van der Waals surface area contributed by atoms with Crippen molar-refractivity contribution in [2.75, 3.05) is 0 Å². The Labute approximate surface area is 105 Å². The average Bonchev–Trinajstić information content (AvgIpc) is 2.67. The Kier molecular flexibility index (Phi) is 2.51. The molecule has 90 valence electrons. The molecule has 2 aromatic rings. The summed E-state index contributed by atoms with van der Waals surface area (Å²) in [6, 6.07) is 12.4. The van der Waals surface area contributed by atoms with Gasteiger partial charge in [0.2, 0.25) is 0 Å². The molecule has 3 rings (SSSR count). The highest BCUT2D eigenvalue weighted by atomic mass is 19.1. The topological polar surface area (TPSA) is 17.1 Å². The second kappa shape index (κ2) is 4.05. The van der Waals surface area contributed by atoms with E-state index >= 15 is 0 Å². The van der Waals surface area contributed by atoms with Crippen LogP contribution < -0.4 is 0 Å². The highest BCUT2D eigenvalue weighted by Crippen LogP contribution is 2.38. The van der Waals surface area contributed by atoms with Gasteiger partial charge >= 0.3 is 0 Å². The van der Waals surface area contributed by atoms with Gasteiger partial charge in [-0.2, -0.15) is 0 Å². The number of carbonyl (C=O) groups is 1. The molecule has 0 saturated carbocycles. The molecule has 0 fully saturated rings. The van der Waals surface area contributed by atoms with Crippen molar-refractivity contribution in [3.8, 4) is 0 Å². The van der Waals surface area contributed by atoms with Crippen molar-refractivity contribution < 1.29 is 9.18 Å². The molecule has 0 aromatic heterocycles. The molecule has 0 aliphatic heterocycles. The summed E-state index contributed by atoms with van der Waals surface area (Å²) in [5.41, 5.74) is 4.05. The first kappa shape index (κ1) is 11.1. The Morgan fingerprint density at radius 2 is 1.83 bits per heavy atom. The second-order valence-electron chi connectivity index (χ2n) is 4.82. The van der Waals surface area contributed by atoms with E-state index in [0.717, 1.165) is 22.3 Å². The molecule has 1 atom stereocenters. The molecule has 18 heavy (non-hydrogen) atoms. The summed E-state index contributed by atoms with van der Waals surface area (Å²) in [6.45, 7) is 2.02. The number of halogens is 1. The first-order valence-corrected chi connectivity index (χ1v) is 6.04. The zero-order valence-electron chi connectivity index (χ0n) is 10.1. The van der Waals surface area contributed by atoms with Gasteiger partial charge in [-0.1, -0.05) is 35.9 Å². The molecule has 0 saturated heterocycles. The molecule has 2 heteroatoms. The van der Waals surface area contributed by atoms with Gasteiger partial charge in [0.25, 0.3) is 0 Å². The lowest BCUT2D eigenvalue weighted by Gasteiger charge is -2.11. The fraction of sp³-hybridized carbons (Fsp3) is 0.188. The summed E-state index contributed by atoms with van der Waals surface area (Å²) < 4.78 is 12.9. The van der Waals surface area contributed by atoms with Crippen LogP contribution in [0.3, 0.4) is 0 Å². The van der Waals surface area contributed by atoms with Crippen LogP contribution in [-0.2, 0) is 0 Å². The standard InChI is InChI=1S/C16H13FO/c1-10-2-7-13-15(8-10)14(9-16(13)18)11-3-5-12(17)6-4-11/h2-8,14H,9H2,1H3. The van der Waals surface area contributed by atoms with Gasteiger partial charge < -0.3 is 0 Å². The molecule has 0 N–H and O–H groups in total. The monoisotopic (exact) mass is 240 g/mol. The number of rotatable bonds is 1. The van der Waals surface area contributed by atoms with Crippen LogP contribution in [0.5, 0.6) is 0 Å². The van der Waals surface area contributed by atoms with Crippen molar-refractivity contribution in [1.82, 2.24) is 0 Å². The maximum atomic E-state index is 12.9. The Hall–Kier alpha value is -1.96. The first-order valence-electron chi connectivity index (χ1n) is 6.04. The number of benzene rings is 2. The summed E-state index contributed by atoms with van der Waals surface area (Å²) >= 11 is 0. The first-order chi connectivity index (χ1) is 8.65. The summed E-state index contributed by atoms with van der Waals surface area (Å²) in [4.78, 5) is 12.0. The lowest BCUT2D eigenvalue weighted by atomic mass is 9.92. The van der Waals surface area contributed by atoms with Crippen LogP contribution in [0.2, 0.25) is 0 Å². The average molecular weight is 240 g/mol. The van der Waals surface area contributed by atoms with Gasteiger partial charge in [0, 0.05) is 17.9 Å². The molecule has 0 amide bonds. The van der Waals surface area contributed by atoms with E-state index in [1.807, 2.05) is 19.1 Å². The minimum absolute atomic E-state index is 0.0769. The van der Waals surface area contributed by atoms with Crippen molar-refractivity contribution in [2.45, 2.75) is 19.3 Å². The Morgan fingerprint density at radius 1 is 1.11 bits per heavy atom. The van der Waals surface area contributed by atoms with E-state index < -0.39 is 0 Å². The lowest BCUT2D eigenvalue weighted by Crippen LogP contribution is -1.97. The molecule has 0 bridgehead atoms. The zero-order chi connectivity index (χ0) is 12.7. The molecule has 1 aliphatic carbocycles. The van der Waals surface area contributed by atoms with Gasteiger partial charge in [0.1, 0.15) is 5.82 Å². The Balaban J connectivity index is 2.09. The SMILES string of the molecule is Cc1ccc2c(c1)C(c1ccc(F)cc1)CC2=O. The van der Waals surface area contributed by atoms with Gasteiger partial charge in [0.05, 0.1) is 0 Å². The quantitative estimate of drug-likeness (QED) is 0.740. The Morgan fingerprint density at radius 3 is 2.56 bits per heavy atom. The van der Waals surface area contributed by atoms with Crippen LogP contribution in [-0.4, -0.2) is 5.78 Å².